The molecule has 19 heavy (non-hydrogen) atoms. The Morgan fingerprint density at radius 3 is 2.37 bits per heavy atom. The summed E-state index contributed by atoms with van der Waals surface area (Å²) in [7, 11) is 4.05. The van der Waals surface area contributed by atoms with Crippen molar-refractivity contribution in [3.63, 3.8) is 0 Å². The number of carbonyl (C=O) groups is 2. The van der Waals surface area contributed by atoms with Gasteiger partial charge in [0.05, 0.1) is 11.8 Å². The second-order valence-corrected chi connectivity index (χ2v) is 5.64. The molecule has 1 saturated carbocycles. The molecule has 0 radical (unpaired) electrons. The number of carboxylic acids is 1. The Labute approximate surface area is 115 Å². The van der Waals surface area contributed by atoms with Gasteiger partial charge in [-0.1, -0.05) is 12.8 Å². The van der Waals surface area contributed by atoms with Crippen LogP contribution in [0.2, 0.25) is 0 Å². The SMILES string of the molecule is CN(C)CCCCNC(=O)C1CCCCC1C(=O)O. The Kier molecular flexibility index (Phi) is 6.84. The molecule has 0 aromatic rings. The number of nitrogens with one attached hydrogen (secondary N) is 1. The van der Waals surface area contributed by atoms with E-state index in [-0.39, 0.29) is 11.8 Å². The molecule has 0 bridgehead atoms. The molecule has 0 aromatic carbocycles. The van der Waals surface area contributed by atoms with E-state index in [2.05, 4.69) is 10.2 Å². The van der Waals surface area contributed by atoms with Crippen molar-refractivity contribution in [2.75, 3.05) is 27.2 Å². The lowest BCUT2D eigenvalue weighted by molar-refractivity contribution is -0.148. The van der Waals surface area contributed by atoms with E-state index >= 15 is 0 Å². The summed E-state index contributed by atoms with van der Waals surface area (Å²) in [5.74, 6) is -1.72. The average molecular weight is 270 g/mol. The van der Waals surface area contributed by atoms with E-state index < -0.39 is 11.9 Å². The minimum absolute atomic E-state index is 0.0723. The van der Waals surface area contributed by atoms with Gasteiger partial charge in [-0.05, 0) is 46.3 Å². The zero-order chi connectivity index (χ0) is 14.3. The van der Waals surface area contributed by atoms with Gasteiger partial charge >= 0.3 is 5.97 Å². The first-order chi connectivity index (χ1) is 9.02. The van der Waals surface area contributed by atoms with Crippen molar-refractivity contribution in [1.29, 1.82) is 0 Å². The van der Waals surface area contributed by atoms with Gasteiger partial charge in [-0.2, -0.15) is 0 Å². The minimum atomic E-state index is -0.826. The largest absolute Gasteiger partial charge is 0.481 e. The van der Waals surface area contributed by atoms with Crippen molar-refractivity contribution in [1.82, 2.24) is 10.2 Å². The van der Waals surface area contributed by atoms with E-state index in [4.69, 9.17) is 5.11 Å². The maximum Gasteiger partial charge on any atom is 0.307 e. The fourth-order valence-electron chi connectivity index (χ4n) is 2.64. The van der Waals surface area contributed by atoms with Crippen molar-refractivity contribution >= 4 is 11.9 Å². The lowest BCUT2D eigenvalue weighted by atomic mass is 9.78. The molecule has 0 spiro atoms. The summed E-state index contributed by atoms with van der Waals surface area (Å²) in [5, 5.41) is 12.0. The Balaban J connectivity index is 2.29. The van der Waals surface area contributed by atoms with Crippen LogP contribution in [0.25, 0.3) is 0 Å². The summed E-state index contributed by atoms with van der Waals surface area (Å²) in [6.45, 7) is 1.66. The van der Waals surface area contributed by atoms with Crippen molar-refractivity contribution in [2.24, 2.45) is 11.8 Å². The molecular weight excluding hydrogens is 244 g/mol. The molecule has 2 unspecified atom stereocenters. The fourth-order valence-corrected chi connectivity index (χ4v) is 2.64. The van der Waals surface area contributed by atoms with Gasteiger partial charge in [0.2, 0.25) is 5.91 Å². The molecule has 0 aliphatic heterocycles. The van der Waals surface area contributed by atoms with Crippen LogP contribution in [0.5, 0.6) is 0 Å². The molecule has 1 aliphatic carbocycles. The third-order valence-electron chi connectivity index (χ3n) is 3.75. The average Bonchev–Trinajstić information content (AvgIpc) is 2.37. The highest BCUT2D eigenvalue weighted by Gasteiger charge is 2.35. The second-order valence-electron chi connectivity index (χ2n) is 5.64. The summed E-state index contributed by atoms with van der Waals surface area (Å²) >= 11 is 0. The molecule has 1 rings (SSSR count). The Bertz CT molecular complexity index is 305. The van der Waals surface area contributed by atoms with Gasteiger partial charge in [-0.25, -0.2) is 0 Å². The van der Waals surface area contributed by atoms with Gasteiger partial charge in [0.1, 0.15) is 0 Å². The van der Waals surface area contributed by atoms with E-state index in [1.54, 1.807) is 0 Å². The second kappa shape index (κ2) is 8.15. The van der Waals surface area contributed by atoms with Crippen LogP contribution in [-0.2, 0) is 9.59 Å². The third kappa shape index (κ3) is 5.59. The molecule has 2 atom stereocenters. The number of amides is 1. The summed E-state index contributed by atoms with van der Waals surface area (Å²) in [6, 6.07) is 0. The number of nitrogens with zero attached hydrogens (tertiary/aromatic N) is 1. The molecule has 1 aliphatic rings. The smallest absolute Gasteiger partial charge is 0.307 e. The number of rotatable bonds is 7. The summed E-state index contributed by atoms with van der Waals surface area (Å²) in [4.78, 5) is 25.3. The van der Waals surface area contributed by atoms with Crippen LogP contribution in [0.4, 0.5) is 0 Å². The van der Waals surface area contributed by atoms with Crippen molar-refractivity contribution in [2.45, 2.75) is 38.5 Å². The number of unbranched alkanes of at least 4 members (excludes halogenated alkanes) is 1. The molecule has 5 heteroatoms. The van der Waals surface area contributed by atoms with Gasteiger partial charge in [0, 0.05) is 6.54 Å². The first kappa shape index (κ1) is 16.0. The molecule has 0 heterocycles. The fraction of sp³-hybridized carbons (Fsp3) is 0.857. The third-order valence-corrected chi connectivity index (χ3v) is 3.75. The predicted molar refractivity (Wildman–Crippen MR) is 73.9 cm³/mol. The highest BCUT2D eigenvalue weighted by Crippen LogP contribution is 2.30. The van der Waals surface area contributed by atoms with Crippen LogP contribution in [0.3, 0.4) is 0 Å². The standard InChI is InChI=1S/C14H26N2O3/c1-16(2)10-6-5-9-15-13(17)11-7-3-4-8-12(11)14(18)19/h11-12H,3-10H2,1-2H3,(H,15,17)(H,18,19). The molecule has 0 aromatic heterocycles. The van der Waals surface area contributed by atoms with E-state index in [9.17, 15) is 9.59 Å². The molecule has 5 nitrogen and oxygen atoms in total. The van der Waals surface area contributed by atoms with Gasteiger partial charge in [0.15, 0.2) is 0 Å². The zero-order valence-corrected chi connectivity index (χ0v) is 12.0. The number of hydrogen-bond donors (Lipinski definition) is 2. The van der Waals surface area contributed by atoms with Crippen LogP contribution < -0.4 is 5.32 Å². The molecule has 1 amide bonds. The van der Waals surface area contributed by atoms with Crippen LogP contribution >= 0.6 is 0 Å². The van der Waals surface area contributed by atoms with Crippen molar-refractivity contribution < 1.29 is 14.7 Å². The van der Waals surface area contributed by atoms with Crippen LogP contribution in [0.1, 0.15) is 38.5 Å². The zero-order valence-electron chi connectivity index (χ0n) is 12.0. The van der Waals surface area contributed by atoms with E-state index in [0.29, 0.717) is 19.4 Å². The maximum atomic E-state index is 12.0. The van der Waals surface area contributed by atoms with Crippen LogP contribution in [-0.4, -0.2) is 49.1 Å². The van der Waals surface area contributed by atoms with Crippen molar-refractivity contribution in [3.05, 3.63) is 0 Å². The molecular formula is C14H26N2O3. The molecule has 2 N–H and O–H groups in total. The van der Waals surface area contributed by atoms with Crippen molar-refractivity contribution in [3.8, 4) is 0 Å². The first-order valence-electron chi connectivity index (χ1n) is 7.17. The maximum absolute atomic E-state index is 12.0. The Hall–Kier alpha value is -1.10. The number of carbonyl (C=O) groups excluding carboxylic acids is 1. The highest BCUT2D eigenvalue weighted by molar-refractivity contribution is 5.84. The van der Waals surface area contributed by atoms with Gasteiger partial charge in [-0.3, -0.25) is 9.59 Å². The van der Waals surface area contributed by atoms with Gasteiger partial charge in [0.25, 0.3) is 0 Å². The minimum Gasteiger partial charge on any atom is -0.481 e. The Morgan fingerprint density at radius 2 is 1.79 bits per heavy atom. The number of carboxylic acid groups (broad SMARTS) is 1. The van der Waals surface area contributed by atoms with E-state index in [0.717, 1.165) is 32.2 Å². The molecule has 1 fully saturated rings. The van der Waals surface area contributed by atoms with Gasteiger partial charge < -0.3 is 15.3 Å². The lowest BCUT2D eigenvalue weighted by Crippen LogP contribution is -2.40. The van der Waals surface area contributed by atoms with E-state index in [1.165, 1.54) is 0 Å². The Morgan fingerprint density at radius 1 is 1.16 bits per heavy atom. The molecule has 0 saturated heterocycles. The lowest BCUT2D eigenvalue weighted by Gasteiger charge is -2.27. The number of aliphatic carboxylic acids is 1. The topological polar surface area (TPSA) is 69.6 Å². The predicted octanol–water partition coefficient (Wildman–Crippen LogP) is 1.34. The van der Waals surface area contributed by atoms with Crippen LogP contribution in [0.15, 0.2) is 0 Å². The van der Waals surface area contributed by atoms with Gasteiger partial charge in [-0.15, -0.1) is 0 Å². The summed E-state index contributed by atoms with van der Waals surface area (Å²) < 4.78 is 0. The first-order valence-corrected chi connectivity index (χ1v) is 7.17. The van der Waals surface area contributed by atoms with Crippen LogP contribution in [0, 0.1) is 11.8 Å². The van der Waals surface area contributed by atoms with E-state index in [1.807, 2.05) is 14.1 Å². The highest BCUT2D eigenvalue weighted by atomic mass is 16.4. The quantitative estimate of drug-likeness (QED) is 0.685. The monoisotopic (exact) mass is 270 g/mol. The normalized spacial score (nSPS) is 23.3. The summed E-state index contributed by atoms with van der Waals surface area (Å²) in [5.41, 5.74) is 0. The number of hydrogen-bond acceptors (Lipinski definition) is 3. The summed E-state index contributed by atoms with van der Waals surface area (Å²) in [6.07, 6.45) is 5.20. The molecule has 110 valence electrons.